The van der Waals surface area contributed by atoms with E-state index in [0.717, 1.165) is 5.56 Å². The first-order chi connectivity index (χ1) is 14.1. The maximum atomic E-state index is 14.0. The van der Waals surface area contributed by atoms with Gasteiger partial charge in [-0.25, -0.2) is 14.4 Å². The fraction of sp³-hybridized carbons (Fsp3) is 0.0476. The van der Waals surface area contributed by atoms with Gasteiger partial charge in [-0.3, -0.25) is 4.79 Å². The lowest BCUT2D eigenvalue weighted by Crippen LogP contribution is -2.15. The molecule has 0 radical (unpaired) electrons. The van der Waals surface area contributed by atoms with Crippen molar-refractivity contribution in [1.82, 2.24) is 15.1 Å². The van der Waals surface area contributed by atoms with Crippen LogP contribution >= 0.6 is 0 Å². The molecule has 0 saturated heterocycles. The predicted molar refractivity (Wildman–Crippen MR) is 106 cm³/mol. The third-order valence-corrected chi connectivity index (χ3v) is 4.00. The molecule has 8 heteroatoms. The Morgan fingerprint density at radius 3 is 2.45 bits per heavy atom. The van der Waals surface area contributed by atoms with Gasteiger partial charge in [0.05, 0.1) is 5.69 Å². The molecule has 2 aromatic carbocycles. The molecule has 4 aromatic rings. The van der Waals surface area contributed by atoms with Crippen molar-refractivity contribution in [3.63, 3.8) is 0 Å². The number of hydrogen-bond acceptors (Lipinski definition) is 6. The van der Waals surface area contributed by atoms with E-state index >= 15 is 0 Å². The minimum absolute atomic E-state index is 0.0957. The second-order valence-electron chi connectivity index (χ2n) is 6.21. The maximum absolute atomic E-state index is 14.0. The topological polar surface area (TPSA) is 92.9 Å². The standard InChI is InChI=1S/C21H16FN5O2/c1-13-11-19(27-29-13)26-21(28)17-12-18(23-16-10-6-5-9-15(16)22)25-20(24-17)14-7-3-2-4-8-14/h2-12H,1H3,(H,23,24,25)(H,26,27,28). The van der Waals surface area contributed by atoms with Gasteiger partial charge in [0, 0.05) is 17.7 Å². The number of rotatable bonds is 5. The first-order valence-electron chi connectivity index (χ1n) is 8.79. The van der Waals surface area contributed by atoms with Crippen molar-refractivity contribution >= 4 is 23.2 Å². The lowest BCUT2D eigenvalue weighted by Gasteiger charge is -2.10. The average Bonchev–Trinajstić information content (AvgIpc) is 3.15. The van der Waals surface area contributed by atoms with Crippen LogP contribution in [0.3, 0.4) is 0 Å². The maximum Gasteiger partial charge on any atom is 0.275 e. The van der Waals surface area contributed by atoms with Crippen molar-refractivity contribution < 1.29 is 13.7 Å². The van der Waals surface area contributed by atoms with Gasteiger partial charge in [0.15, 0.2) is 11.6 Å². The first kappa shape index (κ1) is 18.3. The van der Waals surface area contributed by atoms with Crippen molar-refractivity contribution in [3.8, 4) is 11.4 Å². The molecule has 0 unspecified atom stereocenters. The third-order valence-electron chi connectivity index (χ3n) is 4.00. The summed E-state index contributed by atoms with van der Waals surface area (Å²) in [5, 5.41) is 9.28. The number of anilines is 3. The number of amides is 1. The summed E-state index contributed by atoms with van der Waals surface area (Å²) in [6.07, 6.45) is 0. The Bertz CT molecular complexity index is 1160. The quantitative estimate of drug-likeness (QED) is 0.519. The summed E-state index contributed by atoms with van der Waals surface area (Å²) >= 11 is 0. The Balaban J connectivity index is 1.71. The number of nitrogens with zero attached hydrogens (tertiary/aromatic N) is 3. The Morgan fingerprint density at radius 2 is 1.72 bits per heavy atom. The van der Waals surface area contributed by atoms with Crippen molar-refractivity contribution in [3.05, 3.63) is 84.0 Å². The fourth-order valence-electron chi connectivity index (χ4n) is 2.65. The van der Waals surface area contributed by atoms with Crippen LogP contribution in [0.4, 0.5) is 21.7 Å². The van der Waals surface area contributed by atoms with Gasteiger partial charge in [-0.05, 0) is 19.1 Å². The summed E-state index contributed by atoms with van der Waals surface area (Å²) in [5.74, 6) is 0.524. The molecular weight excluding hydrogens is 373 g/mol. The van der Waals surface area contributed by atoms with E-state index in [0.29, 0.717) is 11.6 Å². The van der Waals surface area contributed by atoms with Gasteiger partial charge >= 0.3 is 0 Å². The number of nitrogens with one attached hydrogen (secondary N) is 2. The molecule has 7 nitrogen and oxygen atoms in total. The van der Waals surface area contributed by atoms with Gasteiger partial charge in [0.2, 0.25) is 0 Å². The molecule has 1 amide bonds. The van der Waals surface area contributed by atoms with Gasteiger partial charge < -0.3 is 15.2 Å². The highest BCUT2D eigenvalue weighted by atomic mass is 19.1. The number of carbonyl (C=O) groups is 1. The molecule has 0 saturated carbocycles. The Hall–Kier alpha value is -4.07. The molecule has 0 atom stereocenters. The van der Waals surface area contributed by atoms with E-state index in [9.17, 15) is 9.18 Å². The molecule has 0 aliphatic heterocycles. The largest absolute Gasteiger partial charge is 0.360 e. The summed E-state index contributed by atoms with van der Waals surface area (Å²) in [5.41, 5.74) is 1.05. The molecule has 29 heavy (non-hydrogen) atoms. The van der Waals surface area contributed by atoms with Crippen LogP contribution in [0, 0.1) is 12.7 Å². The van der Waals surface area contributed by atoms with E-state index in [1.807, 2.05) is 30.3 Å². The van der Waals surface area contributed by atoms with Crippen LogP contribution < -0.4 is 10.6 Å². The zero-order valence-electron chi connectivity index (χ0n) is 15.4. The van der Waals surface area contributed by atoms with Gasteiger partial charge in [-0.2, -0.15) is 0 Å². The monoisotopic (exact) mass is 389 g/mol. The predicted octanol–water partition coefficient (Wildman–Crippen LogP) is 4.58. The van der Waals surface area contributed by atoms with E-state index in [2.05, 4.69) is 25.8 Å². The van der Waals surface area contributed by atoms with Crippen LogP contribution in [0.5, 0.6) is 0 Å². The summed E-state index contributed by atoms with van der Waals surface area (Å²) in [4.78, 5) is 21.5. The number of benzene rings is 2. The van der Waals surface area contributed by atoms with Crippen LogP contribution in [-0.4, -0.2) is 21.0 Å². The van der Waals surface area contributed by atoms with E-state index in [-0.39, 0.29) is 23.0 Å². The van der Waals surface area contributed by atoms with Gasteiger partial charge in [0.25, 0.3) is 5.91 Å². The lowest BCUT2D eigenvalue weighted by molar-refractivity contribution is 0.102. The smallest absolute Gasteiger partial charge is 0.275 e. The van der Waals surface area contributed by atoms with Crippen LogP contribution in [-0.2, 0) is 0 Å². The second kappa shape index (κ2) is 7.89. The number of aromatic nitrogens is 3. The van der Waals surface area contributed by atoms with Crippen molar-refractivity contribution in [2.24, 2.45) is 0 Å². The van der Waals surface area contributed by atoms with Crippen molar-refractivity contribution in [2.75, 3.05) is 10.6 Å². The second-order valence-corrected chi connectivity index (χ2v) is 6.21. The Kier molecular flexibility index (Phi) is 4.98. The zero-order valence-corrected chi connectivity index (χ0v) is 15.4. The minimum atomic E-state index is -0.491. The SMILES string of the molecule is Cc1cc(NC(=O)c2cc(Nc3ccccc3F)nc(-c3ccccc3)n2)no1. The summed E-state index contributed by atoms with van der Waals surface area (Å²) in [6.45, 7) is 1.72. The summed E-state index contributed by atoms with van der Waals surface area (Å²) in [7, 11) is 0. The molecule has 0 fully saturated rings. The molecule has 144 valence electrons. The first-order valence-corrected chi connectivity index (χ1v) is 8.79. The van der Waals surface area contributed by atoms with Crippen LogP contribution in [0.15, 0.2) is 71.3 Å². The Morgan fingerprint density at radius 1 is 0.966 bits per heavy atom. The number of hydrogen-bond donors (Lipinski definition) is 2. The van der Waals surface area contributed by atoms with E-state index in [1.165, 1.54) is 12.1 Å². The van der Waals surface area contributed by atoms with E-state index < -0.39 is 11.7 Å². The van der Waals surface area contributed by atoms with Crippen LogP contribution in [0.25, 0.3) is 11.4 Å². The van der Waals surface area contributed by atoms with E-state index in [4.69, 9.17) is 4.52 Å². The normalized spacial score (nSPS) is 10.6. The molecule has 2 N–H and O–H groups in total. The summed E-state index contributed by atoms with van der Waals surface area (Å²) in [6, 6.07) is 18.4. The molecular formula is C21H16FN5O2. The van der Waals surface area contributed by atoms with Crippen molar-refractivity contribution in [1.29, 1.82) is 0 Å². The molecule has 0 bridgehead atoms. The van der Waals surface area contributed by atoms with Crippen molar-refractivity contribution in [2.45, 2.75) is 6.92 Å². The summed E-state index contributed by atoms with van der Waals surface area (Å²) < 4.78 is 19.0. The zero-order chi connectivity index (χ0) is 20.2. The molecule has 2 aromatic heterocycles. The fourth-order valence-corrected chi connectivity index (χ4v) is 2.65. The highest BCUT2D eigenvalue weighted by Gasteiger charge is 2.15. The number of carbonyl (C=O) groups excluding carboxylic acids is 1. The highest BCUT2D eigenvalue weighted by Crippen LogP contribution is 2.23. The molecule has 4 rings (SSSR count). The van der Waals surface area contributed by atoms with Gasteiger partial charge in [-0.15, -0.1) is 0 Å². The minimum Gasteiger partial charge on any atom is -0.360 e. The van der Waals surface area contributed by atoms with Crippen LogP contribution in [0.1, 0.15) is 16.2 Å². The van der Waals surface area contributed by atoms with Crippen LogP contribution in [0.2, 0.25) is 0 Å². The van der Waals surface area contributed by atoms with E-state index in [1.54, 1.807) is 31.2 Å². The third kappa shape index (κ3) is 4.27. The highest BCUT2D eigenvalue weighted by molar-refractivity contribution is 6.03. The molecule has 0 aliphatic carbocycles. The number of halogens is 1. The van der Waals surface area contributed by atoms with Gasteiger partial charge in [-0.1, -0.05) is 47.6 Å². The lowest BCUT2D eigenvalue weighted by atomic mass is 10.2. The Labute approximate surface area is 165 Å². The average molecular weight is 389 g/mol. The molecule has 0 spiro atoms. The molecule has 2 heterocycles. The molecule has 0 aliphatic rings. The number of aryl methyl sites for hydroxylation is 1. The number of para-hydroxylation sites is 1. The van der Waals surface area contributed by atoms with Gasteiger partial charge in [0.1, 0.15) is 23.1 Å².